The maximum atomic E-state index is 13.5. The number of alkyl halides is 3. The summed E-state index contributed by atoms with van der Waals surface area (Å²) in [6.07, 6.45) is -4.52. The van der Waals surface area contributed by atoms with Gasteiger partial charge in [0.05, 0.1) is 10.6 Å². The Morgan fingerprint density at radius 2 is 1.83 bits per heavy atom. The Morgan fingerprint density at radius 3 is 2.44 bits per heavy atom. The first kappa shape index (κ1) is 27.1. The maximum Gasteiger partial charge on any atom is 0.422 e. The van der Waals surface area contributed by atoms with Gasteiger partial charge in [-0.1, -0.05) is 29.8 Å². The van der Waals surface area contributed by atoms with Gasteiger partial charge in [0.25, 0.3) is 5.91 Å². The summed E-state index contributed by atoms with van der Waals surface area (Å²) in [6.45, 7) is 3.12. The molecule has 0 spiro atoms. The smallest absolute Gasteiger partial charge is 0.422 e. The van der Waals surface area contributed by atoms with E-state index in [1.807, 2.05) is 0 Å². The van der Waals surface area contributed by atoms with E-state index in [-0.39, 0.29) is 29.4 Å². The van der Waals surface area contributed by atoms with Gasteiger partial charge in [-0.15, -0.1) is 0 Å². The van der Waals surface area contributed by atoms with Crippen LogP contribution in [-0.4, -0.2) is 58.8 Å². The first-order chi connectivity index (χ1) is 16.7. The molecule has 1 aliphatic rings. The number of amides is 3. The van der Waals surface area contributed by atoms with Crippen molar-refractivity contribution in [2.75, 3.05) is 18.1 Å². The number of ether oxygens (including phenoxy) is 1. The number of carbonyl (C=O) groups excluding carboxylic acids is 2. The van der Waals surface area contributed by atoms with E-state index in [1.165, 1.54) is 35.8 Å². The number of fused-ring (bicyclic) bond motifs is 1. The van der Waals surface area contributed by atoms with Crippen LogP contribution in [0.2, 0.25) is 5.02 Å². The highest BCUT2D eigenvalue weighted by Crippen LogP contribution is 2.32. The maximum absolute atomic E-state index is 13.5. The Bertz CT molecular complexity index is 1170. The highest BCUT2D eigenvalue weighted by molar-refractivity contribution is 6.34. The zero-order chi connectivity index (χ0) is 26.8. The number of nitrogens with zero attached hydrogens (tertiary/aromatic N) is 2. The van der Waals surface area contributed by atoms with Gasteiger partial charge in [-0.3, -0.25) is 4.79 Å². The predicted molar refractivity (Wildman–Crippen MR) is 126 cm³/mol. The fourth-order valence-electron chi connectivity index (χ4n) is 3.63. The number of benzene rings is 2. The summed E-state index contributed by atoms with van der Waals surface area (Å²) in [5.74, 6) is -1.86. The van der Waals surface area contributed by atoms with Gasteiger partial charge >= 0.3 is 18.2 Å². The van der Waals surface area contributed by atoms with Crippen LogP contribution in [0, 0.1) is 0 Å². The molecule has 0 saturated carbocycles. The Morgan fingerprint density at radius 1 is 1.17 bits per heavy atom. The molecule has 1 heterocycles. The van der Waals surface area contributed by atoms with E-state index in [2.05, 4.69) is 5.32 Å². The van der Waals surface area contributed by atoms with Gasteiger partial charge in [0.2, 0.25) is 0 Å². The molecule has 0 unspecified atom stereocenters. The topological polar surface area (TPSA) is 99.2 Å². The second-order valence-electron chi connectivity index (χ2n) is 8.93. The Labute approximate surface area is 210 Å². The van der Waals surface area contributed by atoms with E-state index >= 15 is 0 Å². The van der Waals surface area contributed by atoms with Gasteiger partial charge in [-0.25, -0.2) is 9.59 Å². The molecule has 0 aliphatic carbocycles. The van der Waals surface area contributed by atoms with Gasteiger partial charge in [-0.2, -0.15) is 13.2 Å². The van der Waals surface area contributed by atoms with Gasteiger partial charge in [0.15, 0.2) is 6.61 Å². The molecule has 0 aromatic heterocycles. The van der Waals surface area contributed by atoms with Crippen molar-refractivity contribution < 1.29 is 37.4 Å². The molecule has 8 nitrogen and oxygen atoms in total. The van der Waals surface area contributed by atoms with Crippen molar-refractivity contribution in [2.45, 2.75) is 45.1 Å². The first-order valence-electron chi connectivity index (χ1n) is 10.9. The quantitative estimate of drug-likeness (QED) is 0.587. The second-order valence-corrected chi connectivity index (χ2v) is 9.33. The molecule has 2 N–H and O–H groups in total. The van der Waals surface area contributed by atoms with Crippen LogP contribution in [-0.2, 0) is 11.3 Å². The third-order valence-corrected chi connectivity index (χ3v) is 5.95. The molecule has 0 saturated heterocycles. The first-order valence-corrected chi connectivity index (χ1v) is 11.3. The van der Waals surface area contributed by atoms with Crippen LogP contribution >= 0.6 is 11.6 Å². The van der Waals surface area contributed by atoms with Crippen molar-refractivity contribution in [3.05, 3.63) is 58.6 Å². The largest absolute Gasteiger partial charge is 0.484 e. The molecular formula is C24H25ClF3N3O5. The number of nitrogens with one attached hydrogen (secondary N) is 1. The molecule has 3 amide bonds. The molecule has 2 aromatic carbocycles. The highest BCUT2D eigenvalue weighted by atomic mass is 35.5. The standard InChI is InChI=1S/C24H25ClF3N3O5/c1-14-11-31(20(32)17-9-8-16(10-18(17)25)36-13-24(26,27)28)19-7-5-4-6-15(19)12-30(14)22(35)29-23(2,3)21(33)34/h4-10,14H,11-13H2,1-3H3,(H,29,35)(H,33,34)/t14-/m1/s1. The SMILES string of the molecule is C[C@@H]1CN(C(=O)c2ccc(OCC(F)(F)F)cc2Cl)c2ccccc2CN1C(=O)NC(C)(C)C(=O)O. The average molecular weight is 528 g/mol. The van der Waals surface area contributed by atoms with Crippen LogP contribution in [0.25, 0.3) is 0 Å². The number of carbonyl (C=O) groups is 3. The number of hydrogen-bond donors (Lipinski definition) is 2. The zero-order valence-corrected chi connectivity index (χ0v) is 20.5. The van der Waals surface area contributed by atoms with E-state index in [0.29, 0.717) is 11.3 Å². The summed E-state index contributed by atoms with van der Waals surface area (Å²) >= 11 is 6.24. The molecule has 1 aliphatic heterocycles. The number of aliphatic carboxylic acids is 1. The molecule has 36 heavy (non-hydrogen) atoms. The molecule has 0 fully saturated rings. The lowest BCUT2D eigenvalue weighted by Crippen LogP contribution is -2.56. The molecule has 12 heteroatoms. The van der Waals surface area contributed by atoms with Crippen LogP contribution in [0.1, 0.15) is 36.7 Å². The van der Waals surface area contributed by atoms with Crippen LogP contribution in [0.3, 0.4) is 0 Å². The van der Waals surface area contributed by atoms with E-state index in [4.69, 9.17) is 16.3 Å². The fraction of sp³-hybridized carbons (Fsp3) is 0.375. The van der Waals surface area contributed by atoms with Crippen LogP contribution in [0.15, 0.2) is 42.5 Å². The number of rotatable bonds is 5. The lowest BCUT2D eigenvalue weighted by Gasteiger charge is -2.32. The monoisotopic (exact) mass is 527 g/mol. The van der Waals surface area contributed by atoms with Crippen molar-refractivity contribution in [1.82, 2.24) is 10.2 Å². The van der Waals surface area contributed by atoms with Gasteiger partial charge in [0, 0.05) is 24.8 Å². The van der Waals surface area contributed by atoms with E-state index in [1.54, 1.807) is 31.2 Å². The van der Waals surface area contributed by atoms with E-state index < -0.39 is 42.3 Å². The predicted octanol–water partition coefficient (Wildman–Crippen LogP) is 4.70. The van der Waals surface area contributed by atoms with Crippen molar-refractivity contribution >= 4 is 35.2 Å². The second kappa shape index (κ2) is 10.3. The number of anilines is 1. The number of hydrogen-bond acceptors (Lipinski definition) is 4. The molecule has 3 rings (SSSR count). The third-order valence-electron chi connectivity index (χ3n) is 5.64. The number of halogens is 4. The Balaban J connectivity index is 1.89. The van der Waals surface area contributed by atoms with Crippen molar-refractivity contribution in [1.29, 1.82) is 0 Å². The number of carboxylic acids is 1. The summed E-state index contributed by atoms with van der Waals surface area (Å²) in [5.41, 5.74) is -0.306. The highest BCUT2D eigenvalue weighted by Gasteiger charge is 2.36. The molecule has 1 atom stereocenters. The summed E-state index contributed by atoms with van der Waals surface area (Å²) in [6, 6.07) is 9.43. The minimum absolute atomic E-state index is 0.0444. The molecule has 0 radical (unpaired) electrons. The minimum Gasteiger partial charge on any atom is -0.484 e. The third kappa shape index (κ3) is 6.20. The van der Waals surface area contributed by atoms with Crippen LogP contribution in [0.4, 0.5) is 23.7 Å². The number of carboxylic acid groups (broad SMARTS) is 1. The number of urea groups is 1. The molecular weight excluding hydrogens is 503 g/mol. The van der Waals surface area contributed by atoms with E-state index in [0.717, 1.165) is 6.07 Å². The van der Waals surface area contributed by atoms with Gasteiger partial charge in [0.1, 0.15) is 11.3 Å². The van der Waals surface area contributed by atoms with Crippen molar-refractivity contribution in [3.8, 4) is 5.75 Å². The van der Waals surface area contributed by atoms with Gasteiger partial charge in [-0.05, 0) is 50.6 Å². The summed E-state index contributed by atoms with van der Waals surface area (Å²) < 4.78 is 42.0. The minimum atomic E-state index is -4.52. The van der Waals surface area contributed by atoms with Crippen molar-refractivity contribution in [3.63, 3.8) is 0 Å². The summed E-state index contributed by atoms with van der Waals surface area (Å²) in [4.78, 5) is 40.9. The van der Waals surface area contributed by atoms with Crippen molar-refractivity contribution in [2.24, 2.45) is 0 Å². The Kier molecular flexibility index (Phi) is 7.73. The van der Waals surface area contributed by atoms with E-state index in [9.17, 15) is 32.7 Å². The molecule has 0 bridgehead atoms. The normalized spacial score (nSPS) is 16.1. The van der Waals surface area contributed by atoms with Gasteiger partial charge < -0.3 is 25.0 Å². The fourth-order valence-corrected chi connectivity index (χ4v) is 3.89. The average Bonchev–Trinajstić information content (AvgIpc) is 2.93. The lowest BCUT2D eigenvalue weighted by molar-refractivity contribution is -0.153. The number of para-hydroxylation sites is 1. The molecule has 2 aromatic rings. The summed E-state index contributed by atoms with van der Waals surface area (Å²) in [5, 5.41) is 11.8. The Hall–Kier alpha value is -3.47. The van der Waals surface area contributed by atoms with Crippen LogP contribution in [0.5, 0.6) is 5.75 Å². The van der Waals surface area contributed by atoms with Crippen LogP contribution < -0.4 is 15.0 Å². The molecule has 194 valence electrons. The summed E-state index contributed by atoms with van der Waals surface area (Å²) in [7, 11) is 0. The lowest BCUT2D eigenvalue weighted by atomic mass is 10.1. The zero-order valence-electron chi connectivity index (χ0n) is 19.7.